The topological polar surface area (TPSA) is 102 Å². The molecule has 36 heavy (non-hydrogen) atoms. The molecule has 2 saturated heterocycles. The Balaban J connectivity index is 1.28. The lowest BCUT2D eigenvalue weighted by Gasteiger charge is -2.51. The van der Waals surface area contributed by atoms with Crippen LogP contribution in [0.5, 0.6) is 0 Å². The molecule has 0 atom stereocenters. The fourth-order valence-electron chi connectivity index (χ4n) is 5.07. The van der Waals surface area contributed by atoms with E-state index in [1.54, 1.807) is 24.3 Å². The molecule has 0 radical (unpaired) electrons. The number of fused-ring (bicyclic) bond motifs is 3. The Morgan fingerprint density at radius 3 is 2.06 bits per heavy atom. The van der Waals surface area contributed by atoms with E-state index in [9.17, 15) is 27.9 Å². The summed E-state index contributed by atoms with van der Waals surface area (Å²) in [6.45, 7) is 1.62. The number of halogens is 3. The average molecular weight is 500 g/mol. The van der Waals surface area contributed by atoms with E-state index in [1.807, 2.05) is 24.3 Å². The van der Waals surface area contributed by atoms with Crippen molar-refractivity contribution in [1.29, 1.82) is 0 Å². The van der Waals surface area contributed by atoms with E-state index in [4.69, 9.17) is 4.74 Å². The first-order valence-corrected chi connectivity index (χ1v) is 11.5. The molecule has 0 spiro atoms. The normalized spacial score (nSPS) is 23.4. The summed E-state index contributed by atoms with van der Waals surface area (Å²) in [7, 11) is 0. The highest BCUT2D eigenvalue weighted by atomic mass is 19.4. The lowest BCUT2D eigenvalue weighted by atomic mass is 9.63. The third-order valence-electron chi connectivity index (χ3n) is 7.21. The summed E-state index contributed by atoms with van der Waals surface area (Å²) in [5.41, 5.74) is 1.17. The summed E-state index contributed by atoms with van der Waals surface area (Å²) < 4.78 is 49.7. The largest absolute Gasteiger partial charge is 0.479 e. The van der Waals surface area contributed by atoms with Crippen LogP contribution in [-0.4, -0.2) is 34.2 Å². The van der Waals surface area contributed by atoms with Gasteiger partial charge in [0.05, 0.1) is 6.61 Å². The van der Waals surface area contributed by atoms with Crippen LogP contribution in [0.3, 0.4) is 0 Å². The smallest absolute Gasteiger partial charge is 0.452 e. The molecule has 3 aliphatic rings. The number of carboxylic acid groups (broad SMARTS) is 1. The Labute approximate surface area is 204 Å². The number of aromatic nitrogens is 1. The lowest BCUT2D eigenvalue weighted by Crippen LogP contribution is -2.57. The van der Waals surface area contributed by atoms with E-state index in [2.05, 4.69) is 14.7 Å². The number of amides is 1. The summed E-state index contributed by atoms with van der Waals surface area (Å²) in [5.74, 6) is -3.57. The predicted molar refractivity (Wildman–Crippen MR) is 123 cm³/mol. The molecule has 2 N–H and O–H groups in total. The minimum absolute atomic E-state index is 0.182. The maximum Gasteiger partial charge on any atom is 0.452 e. The van der Waals surface area contributed by atoms with E-state index < -0.39 is 35.1 Å². The SMILES string of the molecule is Cc1nc(C(=O)Nc2ccc(-c3ccc(C45CCC(C(=O)O)(CC4)OC5)cc3)cc2)c(C(F)(F)F)o1. The van der Waals surface area contributed by atoms with Gasteiger partial charge in [-0.1, -0.05) is 36.4 Å². The van der Waals surface area contributed by atoms with Crippen molar-refractivity contribution in [1.82, 2.24) is 4.98 Å². The lowest BCUT2D eigenvalue weighted by molar-refractivity contribution is -0.194. The standard InChI is InChI=1S/C26H23F3N2O5/c1-15-30-20(21(36-15)26(27,28)29)22(32)31-19-8-4-17(5-9-19)16-2-6-18(7-3-16)24-10-12-25(13-11-24,23(33)34)35-14-24/h2-9H,10-14H2,1H3,(H,31,32)(H,33,34). The van der Waals surface area contributed by atoms with Gasteiger partial charge in [0.2, 0.25) is 5.76 Å². The fraction of sp³-hybridized carbons (Fsp3) is 0.346. The number of hydrogen-bond donors (Lipinski definition) is 2. The number of nitrogens with zero attached hydrogens (tertiary/aromatic N) is 1. The number of carbonyl (C=O) groups is 2. The number of anilines is 1. The zero-order chi connectivity index (χ0) is 25.7. The summed E-state index contributed by atoms with van der Waals surface area (Å²) in [6, 6.07) is 14.7. The monoisotopic (exact) mass is 500 g/mol. The van der Waals surface area contributed by atoms with E-state index in [0.717, 1.165) is 29.5 Å². The van der Waals surface area contributed by atoms with Crippen LogP contribution in [0.2, 0.25) is 0 Å². The van der Waals surface area contributed by atoms with Crippen molar-refractivity contribution in [3.8, 4) is 11.1 Å². The molecule has 1 aromatic heterocycles. The molecule has 3 fully saturated rings. The Hall–Kier alpha value is -3.66. The first-order valence-electron chi connectivity index (χ1n) is 11.5. The van der Waals surface area contributed by atoms with E-state index in [-0.39, 0.29) is 11.3 Å². The number of ether oxygens (including phenoxy) is 1. The summed E-state index contributed by atoms with van der Waals surface area (Å²) in [5, 5.41) is 11.9. The van der Waals surface area contributed by atoms with Crippen LogP contribution in [0.25, 0.3) is 11.1 Å². The molecule has 2 aromatic carbocycles. The van der Waals surface area contributed by atoms with Crippen LogP contribution in [0.4, 0.5) is 18.9 Å². The van der Waals surface area contributed by atoms with E-state index in [1.165, 1.54) is 6.92 Å². The van der Waals surface area contributed by atoms with Gasteiger partial charge >= 0.3 is 12.1 Å². The summed E-state index contributed by atoms with van der Waals surface area (Å²) in [4.78, 5) is 27.5. The van der Waals surface area contributed by atoms with E-state index >= 15 is 0 Å². The van der Waals surface area contributed by atoms with Gasteiger partial charge in [-0.05, 0) is 54.5 Å². The zero-order valence-corrected chi connectivity index (χ0v) is 19.3. The number of benzene rings is 2. The maximum atomic E-state index is 13.1. The van der Waals surface area contributed by atoms with Gasteiger partial charge in [-0.25, -0.2) is 9.78 Å². The van der Waals surface area contributed by atoms with Gasteiger partial charge in [-0.3, -0.25) is 4.79 Å². The van der Waals surface area contributed by atoms with Crippen LogP contribution in [0.15, 0.2) is 52.9 Å². The number of carboxylic acids is 1. The molecule has 3 aromatic rings. The van der Waals surface area contributed by atoms with Crippen LogP contribution in [0.1, 0.15) is 53.4 Å². The molecule has 1 saturated carbocycles. The third kappa shape index (κ3) is 4.15. The number of rotatable bonds is 5. The zero-order valence-electron chi connectivity index (χ0n) is 19.3. The highest BCUT2D eigenvalue weighted by molar-refractivity contribution is 6.03. The van der Waals surface area contributed by atoms with Crippen molar-refractivity contribution in [3.63, 3.8) is 0 Å². The number of carbonyl (C=O) groups excluding carboxylic acids is 1. The Morgan fingerprint density at radius 1 is 0.972 bits per heavy atom. The second-order valence-electron chi connectivity index (χ2n) is 9.39. The Kier molecular flexibility index (Phi) is 5.66. The molecule has 2 bridgehead atoms. The van der Waals surface area contributed by atoms with Crippen molar-refractivity contribution in [2.75, 3.05) is 11.9 Å². The minimum Gasteiger partial charge on any atom is -0.479 e. The first kappa shape index (κ1) is 24.1. The van der Waals surface area contributed by atoms with Gasteiger partial charge in [-0.2, -0.15) is 13.2 Å². The number of aryl methyl sites for hydroxylation is 1. The van der Waals surface area contributed by atoms with Crippen molar-refractivity contribution < 1.29 is 37.0 Å². The fourth-order valence-corrected chi connectivity index (χ4v) is 5.07. The first-order chi connectivity index (χ1) is 17.0. The maximum absolute atomic E-state index is 13.1. The van der Waals surface area contributed by atoms with Gasteiger partial charge in [-0.15, -0.1) is 0 Å². The average Bonchev–Trinajstić information content (AvgIpc) is 3.28. The second kappa shape index (κ2) is 8.48. The van der Waals surface area contributed by atoms with Gasteiger partial charge in [0, 0.05) is 18.0 Å². The highest BCUT2D eigenvalue weighted by Gasteiger charge is 2.54. The van der Waals surface area contributed by atoms with Crippen LogP contribution in [0, 0.1) is 6.92 Å². The predicted octanol–water partition coefficient (Wildman–Crippen LogP) is 5.59. The Morgan fingerprint density at radius 2 is 1.56 bits per heavy atom. The van der Waals surface area contributed by atoms with E-state index in [0.29, 0.717) is 25.1 Å². The van der Waals surface area contributed by atoms with Crippen LogP contribution < -0.4 is 5.32 Å². The molecule has 3 heterocycles. The number of aliphatic carboxylic acids is 1. The van der Waals surface area contributed by atoms with Gasteiger partial charge in [0.25, 0.3) is 5.91 Å². The minimum atomic E-state index is -4.83. The summed E-state index contributed by atoms with van der Waals surface area (Å²) in [6.07, 6.45) is -2.32. The molecule has 1 amide bonds. The Bertz CT molecular complexity index is 1290. The molecule has 2 aliphatic heterocycles. The van der Waals surface area contributed by atoms with Crippen molar-refractivity contribution in [2.24, 2.45) is 0 Å². The van der Waals surface area contributed by atoms with Crippen molar-refractivity contribution in [2.45, 2.75) is 49.8 Å². The molecule has 7 nitrogen and oxygen atoms in total. The third-order valence-corrected chi connectivity index (χ3v) is 7.21. The van der Waals surface area contributed by atoms with Gasteiger partial charge in [0.1, 0.15) is 0 Å². The molecule has 6 rings (SSSR count). The molecule has 0 unspecified atom stereocenters. The molecule has 10 heteroatoms. The van der Waals surface area contributed by atoms with Gasteiger partial charge in [0.15, 0.2) is 17.2 Å². The highest BCUT2D eigenvalue weighted by Crippen LogP contribution is 2.50. The quantitative estimate of drug-likeness (QED) is 0.474. The number of alkyl halides is 3. The number of oxazole rings is 1. The number of hydrogen-bond acceptors (Lipinski definition) is 5. The second-order valence-corrected chi connectivity index (χ2v) is 9.39. The van der Waals surface area contributed by atoms with Gasteiger partial charge < -0.3 is 19.6 Å². The molecular formula is C26H23F3N2O5. The molecule has 188 valence electrons. The summed E-state index contributed by atoms with van der Waals surface area (Å²) >= 11 is 0. The van der Waals surface area contributed by atoms with Crippen molar-refractivity contribution >= 4 is 17.6 Å². The number of nitrogens with one attached hydrogen (secondary N) is 1. The van der Waals surface area contributed by atoms with Crippen LogP contribution >= 0.6 is 0 Å². The van der Waals surface area contributed by atoms with Crippen LogP contribution in [-0.2, 0) is 21.1 Å². The molecule has 1 aliphatic carbocycles. The van der Waals surface area contributed by atoms with Crippen molar-refractivity contribution in [3.05, 3.63) is 71.4 Å². The molecular weight excluding hydrogens is 477 g/mol.